The molecule has 1 aliphatic carbocycles. The number of benzene rings is 2. The molecule has 0 saturated heterocycles. The standard InChI is InChI=1S/C25H27N3O5/c1-2-32-24-15-19(14-20(16-26)25(29)27-21-6-4-3-5-7-21)10-13-23(24)33-17-18-8-11-22(12-9-18)28(30)31/h8-15,21H,2-7,17H2,1H3,(H,27,29)/b20-14-. The van der Waals surface area contributed by atoms with E-state index >= 15 is 0 Å². The molecule has 0 bridgehead atoms. The molecule has 0 aromatic heterocycles. The van der Waals surface area contributed by atoms with E-state index in [0.717, 1.165) is 31.2 Å². The Labute approximate surface area is 193 Å². The van der Waals surface area contributed by atoms with Crippen molar-refractivity contribution in [2.75, 3.05) is 6.61 Å². The first-order valence-corrected chi connectivity index (χ1v) is 11.1. The Morgan fingerprint density at radius 1 is 1.15 bits per heavy atom. The lowest BCUT2D eigenvalue weighted by atomic mass is 9.95. The van der Waals surface area contributed by atoms with Crippen molar-refractivity contribution >= 4 is 17.7 Å². The second-order valence-corrected chi connectivity index (χ2v) is 7.83. The van der Waals surface area contributed by atoms with Gasteiger partial charge in [0.15, 0.2) is 11.5 Å². The summed E-state index contributed by atoms with van der Waals surface area (Å²) in [6, 6.07) is 13.4. The maximum absolute atomic E-state index is 12.5. The monoisotopic (exact) mass is 449 g/mol. The number of nitrogens with one attached hydrogen (secondary N) is 1. The lowest BCUT2D eigenvalue weighted by Crippen LogP contribution is -2.36. The summed E-state index contributed by atoms with van der Waals surface area (Å²) >= 11 is 0. The first-order chi connectivity index (χ1) is 16.0. The Bertz CT molecular complexity index is 1050. The molecule has 1 saturated carbocycles. The van der Waals surface area contributed by atoms with E-state index in [-0.39, 0.29) is 29.8 Å². The van der Waals surface area contributed by atoms with Gasteiger partial charge in [0.2, 0.25) is 0 Å². The summed E-state index contributed by atoms with van der Waals surface area (Å²) in [6.45, 7) is 2.47. The van der Waals surface area contributed by atoms with E-state index in [4.69, 9.17) is 9.47 Å². The van der Waals surface area contributed by atoms with Crippen LogP contribution in [0.5, 0.6) is 11.5 Å². The van der Waals surface area contributed by atoms with Gasteiger partial charge in [-0.3, -0.25) is 14.9 Å². The number of nitro groups is 1. The highest BCUT2D eigenvalue weighted by molar-refractivity contribution is 6.01. The topological polar surface area (TPSA) is 114 Å². The molecule has 2 aromatic carbocycles. The van der Waals surface area contributed by atoms with Crippen LogP contribution in [0.3, 0.4) is 0 Å². The van der Waals surface area contributed by atoms with Gasteiger partial charge < -0.3 is 14.8 Å². The molecule has 0 aliphatic heterocycles. The molecule has 0 unspecified atom stereocenters. The number of carbonyl (C=O) groups is 1. The van der Waals surface area contributed by atoms with Crippen LogP contribution in [-0.4, -0.2) is 23.5 Å². The van der Waals surface area contributed by atoms with Crippen molar-refractivity contribution < 1.29 is 19.2 Å². The third kappa shape index (κ3) is 6.81. The molecule has 8 heteroatoms. The summed E-state index contributed by atoms with van der Waals surface area (Å²) in [5.41, 5.74) is 1.49. The van der Waals surface area contributed by atoms with Crippen LogP contribution in [0.25, 0.3) is 6.08 Å². The summed E-state index contributed by atoms with van der Waals surface area (Å²) in [4.78, 5) is 22.9. The maximum Gasteiger partial charge on any atom is 0.269 e. The molecule has 33 heavy (non-hydrogen) atoms. The number of rotatable bonds is 9. The van der Waals surface area contributed by atoms with E-state index in [0.29, 0.717) is 23.7 Å². The van der Waals surface area contributed by atoms with Gasteiger partial charge in [0.05, 0.1) is 11.5 Å². The molecule has 172 valence electrons. The van der Waals surface area contributed by atoms with E-state index in [1.54, 1.807) is 36.4 Å². The highest BCUT2D eigenvalue weighted by Crippen LogP contribution is 2.30. The normalized spacial score (nSPS) is 14.2. The fourth-order valence-corrected chi connectivity index (χ4v) is 3.70. The van der Waals surface area contributed by atoms with Crippen molar-refractivity contribution in [2.24, 2.45) is 0 Å². The molecular weight excluding hydrogens is 422 g/mol. The molecule has 1 amide bonds. The van der Waals surface area contributed by atoms with Gasteiger partial charge in [-0.15, -0.1) is 0 Å². The fourth-order valence-electron chi connectivity index (χ4n) is 3.70. The molecule has 0 spiro atoms. The van der Waals surface area contributed by atoms with E-state index in [9.17, 15) is 20.2 Å². The fraction of sp³-hybridized carbons (Fsp3) is 0.360. The smallest absolute Gasteiger partial charge is 0.269 e. The van der Waals surface area contributed by atoms with Crippen molar-refractivity contribution in [2.45, 2.75) is 51.7 Å². The third-order valence-electron chi connectivity index (χ3n) is 5.43. The predicted octanol–water partition coefficient (Wildman–Crippen LogP) is 4.93. The number of carbonyl (C=O) groups excluding carboxylic acids is 1. The van der Waals surface area contributed by atoms with Gasteiger partial charge in [0.25, 0.3) is 11.6 Å². The highest BCUT2D eigenvalue weighted by atomic mass is 16.6. The zero-order chi connectivity index (χ0) is 23.6. The zero-order valence-corrected chi connectivity index (χ0v) is 18.6. The van der Waals surface area contributed by atoms with Crippen LogP contribution in [0.2, 0.25) is 0 Å². The van der Waals surface area contributed by atoms with Gasteiger partial charge in [-0.2, -0.15) is 5.26 Å². The molecular formula is C25H27N3O5. The number of nitrogens with zero attached hydrogens (tertiary/aromatic N) is 2. The summed E-state index contributed by atoms with van der Waals surface area (Å²) in [5.74, 6) is 0.622. The molecule has 8 nitrogen and oxygen atoms in total. The number of hydrogen-bond donors (Lipinski definition) is 1. The minimum absolute atomic E-state index is 0.0192. The average Bonchev–Trinajstić information content (AvgIpc) is 2.83. The summed E-state index contributed by atoms with van der Waals surface area (Å²) in [7, 11) is 0. The second-order valence-electron chi connectivity index (χ2n) is 7.83. The largest absolute Gasteiger partial charge is 0.490 e. The van der Waals surface area contributed by atoms with E-state index in [1.165, 1.54) is 18.6 Å². The number of hydrogen-bond acceptors (Lipinski definition) is 6. The van der Waals surface area contributed by atoms with E-state index < -0.39 is 4.92 Å². The first-order valence-electron chi connectivity index (χ1n) is 11.1. The van der Waals surface area contributed by atoms with Crippen molar-refractivity contribution in [3.63, 3.8) is 0 Å². The maximum atomic E-state index is 12.5. The van der Waals surface area contributed by atoms with Crippen LogP contribution in [0, 0.1) is 21.4 Å². The summed E-state index contributed by atoms with van der Waals surface area (Å²) in [6.07, 6.45) is 6.80. The molecule has 1 fully saturated rings. The minimum Gasteiger partial charge on any atom is -0.490 e. The number of amides is 1. The minimum atomic E-state index is -0.449. The summed E-state index contributed by atoms with van der Waals surface area (Å²) < 4.78 is 11.5. The molecule has 0 radical (unpaired) electrons. The van der Waals surface area contributed by atoms with E-state index in [2.05, 4.69) is 5.32 Å². The summed E-state index contributed by atoms with van der Waals surface area (Å²) in [5, 5.41) is 23.3. The average molecular weight is 450 g/mol. The highest BCUT2D eigenvalue weighted by Gasteiger charge is 2.18. The SMILES string of the molecule is CCOc1cc(/C=C(/C#N)C(=O)NC2CCCCC2)ccc1OCc1ccc([N+](=O)[O-])cc1. The first kappa shape index (κ1) is 23.8. The Hall–Kier alpha value is -3.86. The molecule has 1 N–H and O–H groups in total. The van der Waals surface area contributed by atoms with Gasteiger partial charge in [0, 0.05) is 18.2 Å². The van der Waals surface area contributed by atoms with Crippen LogP contribution in [-0.2, 0) is 11.4 Å². The van der Waals surface area contributed by atoms with Crippen LogP contribution < -0.4 is 14.8 Å². The van der Waals surface area contributed by atoms with Crippen LogP contribution in [0.1, 0.15) is 50.2 Å². The molecule has 2 aromatic rings. The van der Waals surface area contributed by atoms with Crippen LogP contribution >= 0.6 is 0 Å². The van der Waals surface area contributed by atoms with Gasteiger partial charge >= 0.3 is 0 Å². The van der Waals surface area contributed by atoms with Gasteiger partial charge in [-0.25, -0.2) is 0 Å². The molecule has 0 heterocycles. The van der Waals surface area contributed by atoms with Crippen molar-refractivity contribution in [1.82, 2.24) is 5.32 Å². The Morgan fingerprint density at radius 3 is 2.52 bits per heavy atom. The molecule has 3 rings (SSSR count). The quantitative estimate of drug-likeness (QED) is 0.251. The predicted molar refractivity (Wildman–Crippen MR) is 124 cm³/mol. The number of nitro benzene ring substituents is 1. The van der Waals surface area contributed by atoms with Crippen molar-refractivity contribution in [1.29, 1.82) is 5.26 Å². The zero-order valence-electron chi connectivity index (χ0n) is 18.6. The third-order valence-corrected chi connectivity index (χ3v) is 5.43. The molecule has 1 aliphatic rings. The Morgan fingerprint density at radius 2 is 1.88 bits per heavy atom. The van der Waals surface area contributed by atoms with Crippen molar-refractivity contribution in [3.8, 4) is 17.6 Å². The van der Waals surface area contributed by atoms with Crippen LogP contribution in [0.4, 0.5) is 5.69 Å². The Balaban J connectivity index is 1.71. The lowest BCUT2D eigenvalue weighted by molar-refractivity contribution is -0.384. The number of non-ortho nitro benzene ring substituents is 1. The van der Waals surface area contributed by atoms with Gasteiger partial charge in [-0.05, 0) is 61.2 Å². The lowest BCUT2D eigenvalue weighted by Gasteiger charge is -2.22. The van der Waals surface area contributed by atoms with E-state index in [1.807, 2.05) is 13.0 Å². The number of nitriles is 1. The van der Waals surface area contributed by atoms with Gasteiger partial charge in [0.1, 0.15) is 18.2 Å². The van der Waals surface area contributed by atoms with Crippen LogP contribution in [0.15, 0.2) is 48.0 Å². The van der Waals surface area contributed by atoms with Gasteiger partial charge in [-0.1, -0.05) is 25.3 Å². The Kier molecular flexibility index (Phi) is 8.42. The number of ether oxygens (including phenoxy) is 2. The van der Waals surface area contributed by atoms with Crippen molar-refractivity contribution in [3.05, 3.63) is 69.3 Å². The second kappa shape index (κ2) is 11.7. The molecule has 0 atom stereocenters.